The first-order valence-electron chi connectivity index (χ1n) is 5.96. The molecule has 0 amide bonds. The number of rotatable bonds is 3. The van der Waals surface area contributed by atoms with Crippen LogP contribution < -0.4 is 4.72 Å². The summed E-state index contributed by atoms with van der Waals surface area (Å²) in [5.74, 6) is 0.0307. The molecule has 0 aliphatic heterocycles. The third-order valence-electron chi connectivity index (χ3n) is 2.82. The first-order valence-corrected chi connectivity index (χ1v) is 8.70. The average Bonchev–Trinajstić information content (AvgIpc) is 2.86. The van der Waals surface area contributed by atoms with Gasteiger partial charge in [-0.15, -0.1) is 11.3 Å². The lowest BCUT2D eigenvalue weighted by molar-refractivity contribution is 0.602. The average molecular weight is 340 g/mol. The lowest BCUT2D eigenvalue weighted by Gasteiger charge is -2.08. The highest BCUT2D eigenvalue weighted by atomic mass is 35.5. The fraction of sp³-hybridized carbons (Fsp3) is 0.0769. The Morgan fingerprint density at radius 2 is 1.81 bits per heavy atom. The molecule has 0 aliphatic rings. The number of nitrogens with one attached hydrogen (secondary N) is 1. The Balaban J connectivity index is 2.06. The Bertz CT molecular complexity index is 922. The van der Waals surface area contributed by atoms with Crippen molar-refractivity contribution in [1.82, 2.24) is 9.97 Å². The van der Waals surface area contributed by atoms with E-state index in [1.807, 2.05) is 6.07 Å². The smallest absolute Gasteiger partial charge is 0.260 e. The van der Waals surface area contributed by atoms with Gasteiger partial charge in [-0.3, -0.25) is 4.72 Å². The van der Waals surface area contributed by atoms with E-state index in [4.69, 9.17) is 11.6 Å². The van der Waals surface area contributed by atoms with Crippen LogP contribution in [0.25, 0.3) is 11.0 Å². The van der Waals surface area contributed by atoms with Gasteiger partial charge in [-0.2, -0.15) is 0 Å². The molecule has 5 nitrogen and oxygen atoms in total. The number of sulfonamides is 1. The van der Waals surface area contributed by atoms with Gasteiger partial charge in [0.2, 0.25) is 0 Å². The number of hydrogen-bond acceptors (Lipinski definition) is 5. The molecule has 2 aromatic heterocycles. The predicted molar refractivity (Wildman–Crippen MR) is 84.4 cm³/mol. The van der Waals surface area contributed by atoms with E-state index in [2.05, 4.69) is 14.7 Å². The minimum absolute atomic E-state index is 0.0199. The van der Waals surface area contributed by atoms with Crippen molar-refractivity contribution in [2.45, 2.75) is 11.1 Å². The summed E-state index contributed by atoms with van der Waals surface area (Å²) in [6.45, 7) is 1.73. The Labute approximate surface area is 130 Å². The fourth-order valence-electron chi connectivity index (χ4n) is 1.85. The van der Waals surface area contributed by atoms with E-state index in [0.29, 0.717) is 16.6 Å². The van der Waals surface area contributed by atoms with Crippen molar-refractivity contribution in [2.24, 2.45) is 0 Å². The molecule has 0 aliphatic carbocycles. The standard InChI is InChI=1S/C13H10ClN3O2S2/c1-8-6-7-20-13(8)21(18,19)17-12-11(14)15-9-4-2-3-5-10(9)16-12/h2-7H,1H3,(H,16,17). The monoisotopic (exact) mass is 339 g/mol. The molecule has 21 heavy (non-hydrogen) atoms. The zero-order valence-corrected chi connectivity index (χ0v) is 13.3. The van der Waals surface area contributed by atoms with Gasteiger partial charge in [-0.1, -0.05) is 23.7 Å². The van der Waals surface area contributed by atoms with E-state index in [9.17, 15) is 8.42 Å². The topological polar surface area (TPSA) is 72.0 Å². The van der Waals surface area contributed by atoms with Crippen LogP contribution in [0.5, 0.6) is 0 Å². The van der Waals surface area contributed by atoms with Crippen LogP contribution in [0.1, 0.15) is 5.56 Å². The summed E-state index contributed by atoms with van der Waals surface area (Å²) >= 11 is 7.16. The number of fused-ring (bicyclic) bond motifs is 1. The highest BCUT2D eigenvalue weighted by Gasteiger charge is 2.21. The van der Waals surface area contributed by atoms with Crippen LogP contribution in [0.4, 0.5) is 5.82 Å². The van der Waals surface area contributed by atoms with Gasteiger partial charge in [-0.05, 0) is 36.1 Å². The Morgan fingerprint density at radius 3 is 2.43 bits per heavy atom. The molecule has 0 fully saturated rings. The number of thiophene rings is 1. The molecule has 1 aromatic carbocycles. The van der Waals surface area contributed by atoms with Crippen LogP contribution in [0, 0.1) is 6.92 Å². The second-order valence-electron chi connectivity index (χ2n) is 4.35. The number of para-hydroxylation sites is 2. The lowest BCUT2D eigenvalue weighted by atomic mass is 10.3. The van der Waals surface area contributed by atoms with Crippen LogP contribution in [0.3, 0.4) is 0 Å². The Hall–Kier alpha value is -1.70. The van der Waals surface area contributed by atoms with Crippen LogP contribution in [0.15, 0.2) is 39.9 Å². The minimum atomic E-state index is -3.71. The quantitative estimate of drug-likeness (QED) is 0.793. The van der Waals surface area contributed by atoms with Gasteiger partial charge in [0.1, 0.15) is 4.21 Å². The van der Waals surface area contributed by atoms with Gasteiger partial charge < -0.3 is 0 Å². The second kappa shape index (κ2) is 5.25. The van der Waals surface area contributed by atoms with E-state index in [1.54, 1.807) is 36.6 Å². The maximum atomic E-state index is 12.3. The van der Waals surface area contributed by atoms with Crippen LogP contribution in [-0.4, -0.2) is 18.4 Å². The first kappa shape index (κ1) is 14.2. The largest absolute Gasteiger partial charge is 0.272 e. The molecule has 0 saturated carbocycles. The first-order chi connectivity index (χ1) is 9.97. The number of hydrogen-bond donors (Lipinski definition) is 1. The maximum absolute atomic E-state index is 12.3. The van der Waals surface area contributed by atoms with Gasteiger partial charge in [0.25, 0.3) is 10.0 Å². The summed E-state index contributed by atoms with van der Waals surface area (Å²) in [5.41, 5.74) is 1.86. The van der Waals surface area contributed by atoms with E-state index in [1.165, 1.54) is 0 Å². The predicted octanol–water partition coefficient (Wildman–Crippen LogP) is 3.45. The number of aromatic nitrogens is 2. The SMILES string of the molecule is Cc1ccsc1S(=O)(=O)Nc1nc2ccccc2nc1Cl. The number of halogens is 1. The van der Waals surface area contributed by atoms with Crippen LogP contribution >= 0.6 is 22.9 Å². The Kier molecular flexibility index (Phi) is 3.56. The zero-order valence-electron chi connectivity index (χ0n) is 10.9. The van der Waals surface area contributed by atoms with Crippen LogP contribution in [-0.2, 0) is 10.0 Å². The fourth-order valence-corrected chi connectivity index (χ4v) is 4.52. The third-order valence-corrected chi connectivity index (χ3v) is 6.11. The molecule has 0 saturated heterocycles. The summed E-state index contributed by atoms with van der Waals surface area (Å²) in [4.78, 5) is 8.36. The summed E-state index contributed by atoms with van der Waals surface area (Å²) in [6, 6.07) is 8.86. The van der Waals surface area contributed by atoms with Crippen molar-refractivity contribution in [1.29, 1.82) is 0 Å². The Morgan fingerprint density at radius 1 is 1.14 bits per heavy atom. The highest BCUT2D eigenvalue weighted by Crippen LogP contribution is 2.27. The second-order valence-corrected chi connectivity index (χ2v) is 7.50. The summed E-state index contributed by atoms with van der Waals surface area (Å²) < 4.78 is 27.3. The number of benzene rings is 1. The van der Waals surface area contributed by atoms with E-state index < -0.39 is 10.0 Å². The lowest BCUT2D eigenvalue weighted by Crippen LogP contribution is -2.14. The van der Waals surface area contributed by atoms with Crippen molar-refractivity contribution in [2.75, 3.05) is 4.72 Å². The van der Waals surface area contributed by atoms with E-state index in [-0.39, 0.29) is 15.2 Å². The number of anilines is 1. The van der Waals surface area contributed by atoms with Gasteiger partial charge in [-0.25, -0.2) is 18.4 Å². The molecule has 1 N–H and O–H groups in total. The van der Waals surface area contributed by atoms with Gasteiger partial charge in [0, 0.05) is 0 Å². The van der Waals surface area contributed by atoms with Gasteiger partial charge in [0.05, 0.1) is 11.0 Å². The number of aryl methyl sites for hydroxylation is 1. The molecule has 0 unspecified atom stereocenters. The van der Waals surface area contributed by atoms with Gasteiger partial charge >= 0.3 is 0 Å². The number of nitrogens with zero attached hydrogens (tertiary/aromatic N) is 2. The molecule has 0 radical (unpaired) electrons. The molecule has 0 atom stereocenters. The normalized spacial score (nSPS) is 11.7. The van der Waals surface area contributed by atoms with Crippen molar-refractivity contribution in [3.63, 3.8) is 0 Å². The van der Waals surface area contributed by atoms with E-state index in [0.717, 1.165) is 11.3 Å². The summed E-state index contributed by atoms with van der Waals surface area (Å²) in [7, 11) is -3.71. The highest BCUT2D eigenvalue weighted by molar-refractivity contribution is 7.94. The van der Waals surface area contributed by atoms with Crippen molar-refractivity contribution >= 4 is 49.8 Å². The molecule has 108 valence electrons. The summed E-state index contributed by atoms with van der Waals surface area (Å²) in [5, 5.41) is 1.74. The van der Waals surface area contributed by atoms with Gasteiger partial charge in [0.15, 0.2) is 11.0 Å². The molecule has 8 heteroatoms. The molecule has 2 heterocycles. The van der Waals surface area contributed by atoms with Crippen LogP contribution in [0.2, 0.25) is 5.15 Å². The molecule has 3 rings (SSSR count). The molecular formula is C13H10ClN3O2S2. The van der Waals surface area contributed by atoms with Crippen molar-refractivity contribution < 1.29 is 8.42 Å². The molecular weight excluding hydrogens is 330 g/mol. The molecule has 0 spiro atoms. The van der Waals surface area contributed by atoms with E-state index >= 15 is 0 Å². The third kappa shape index (κ3) is 2.72. The molecule has 3 aromatic rings. The molecule has 0 bridgehead atoms. The summed E-state index contributed by atoms with van der Waals surface area (Å²) in [6.07, 6.45) is 0. The zero-order chi connectivity index (χ0) is 15.0. The van der Waals surface area contributed by atoms with Crippen molar-refractivity contribution in [3.05, 3.63) is 46.4 Å². The minimum Gasteiger partial charge on any atom is -0.260 e. The maximum Gasteiger partial charge on any atom is 0.272 e. The van der Waals surface area contributed by atoms with Crippen molar-refractivity contribution in [3.8, 4) is 0 Å².